The molecule has 0 fully saturated rings. The number of thiophene rings is 1. The molecule has 0 saturated carbocycles. The standard InChI is InChI=1S/C10H17NOS/c1-7-5-6-8(13-7)10(4,12)9(2,3)11/h5-6,12H,11H2,1-4H3. The highest BCUT2D eigenvalue weighted by Gasteiger charge is 2.38. The summed E-state index contributed by atoms with van der Waals surface area (Å²) >= 11 is 1.59. The van der Waals surface area contributed by atoms with Gasteiger partial charge in [-0.3, -0.25) is 0 Å². The maximum Gasteiger partial charge on any atom is 0.113 e. The van der Waals surface area contributed by atoms with Gasteiger partial charge in [-0.1, -0.05) is 0 Å². The minimum atomic E-state index is -0.952. The first-order valence-electron chi connectivity index (χ1n) is 4.33. The molecular weight excluding hydrogens is 182 g/mol. The predicted molar refractivity (Wildman–Crippen MR) is 56.9 cm³/mol. The molecule has 0 radical (unpaired) electrons. The van der Waals surface area contributed by atoms with Gasteiger partial charge in [-0.05, 0) is 39.8 Å². The Labute approximate surface area is 83.4 Å². The summed E-state index contributed by atoms with van der Waals surface area (Å²) in [6.45, 7) is 7.45. The third-order valence-corrected chi connectivity index (χ3v) is 3.69. The van der Waals surface area contributed by atoms with Gasteiger partial charge in [-0.2, -0.15) is 0 Å². The number of nitrogens with two attached hydrogens (primary N) is 1. The molecular formula is C10H17NOS. The largest absolute Gasteiger partial charge is 0.383 e. The van der Waals surface area contributed by atoms with E-state index in [1.54, 1.807) is 18.3 Å². The molecule has 1 aromatic heterocycles. The van der Waals surface area contributed by atoms with Crippen molar-refractivity contribution in [3.05, 3.63) is 21.9 Å². The Hall–Kier alpha value is -0.380. The van der Waals surface area contributed by atoms with Crippen LogP contribution in [0.25, 0.3) is 0 Å². The Morgan fingerprint density at radius 3 is 2.15 bits per heavy atom. The molecule has 0 amide bonds. The maximum atomic E-state index is 10.2. The van der Waals surface area contributed by atoms with Crippen molar-refractivity contribution < 1.29 is 5.11 Å². The van der Waals surface area contributed by atoms with Crippen LogP contribution in [0.3, 0.4) is 0 Å². The van der Waals surface area contributed by atoms with Crippen molar-refractivity contribution in [1.82, 2.24) is 0 Å². The Morgan fingerprint density at radius 1 is 1.31 bits per heavy atom. The van der Waals surface area contributed by atoms with E-state index in [1.165, 1.54) is 4.88 Å². The zero-order valence-corrected chi connectivity index (χ0v) is 9.40. The monoisotopic (exact) mass is 199 g/mol. The van der Waals surface area contributed by atoms with Crippen LogP contribution in [0.2, 0.25) is 0 Å². The molecule has 0 aliphatic heterocycles. The Balaban J connectivity index is 3.07. The van der Waals surface area contributed by atoms with Gasteiger partial charge in [0.25, 0.3) is 0 Å². The van der Waals surface area contributed by atoms with Gasteiger partial charge in [0, 0.05) is 15.3 Å². The molecule has 1 unspecified atom stereocenters. The van der Waals surface area contributed by atoms with Crippen molar-refractivity contribution >= 4 is 11.3 Å². The molecule has 74 valence electrons. The summed E-state index contributed by atoms with van der Waals surface area (Å²) in [5, 5.41) is 10.2. The SMILES string of the molecule is Cc1ccc(C(C)(O)C(C)(C)N)s1. The third-order valence-electron chi connectivity index (χ3n) is 2.47. The smallest absolute Gasteiger partial charge is 0.113 e. The minimum absolute atomic E-state index is 0.621. The zero-order valence-electron chi connectivity index (χ0n) is 8.59. The van der Waals surface area contributed by atoms with Gasteiger partial charge >= 0.3 is 0 Å². The average Bonchev–Trinajstić information content (AvgIpc) is 2.33. The molecule has 0 aliphatic carbocycles. The van der Waals surface area contributed by atoms with E-state index >= 15 is 0 Å². The second-order valence-electron chi connectivity index (χ2n) is 4.20. The topological polar surface area (TPSA) is 46.2 Å². The highest BCUT2D eigenvalue weighted by Crippen LogP contribution is 2.34. The lowest BCUT2D eigenvalue weighted by Gasteiger charge is -2.36. The van der Waals surface area contributed by atoms with E-state index in [2.05, 4.69) is 0 Å². The molecule has 1 aromatic rings. The fourth-order valence-electron chi connectivity index (χ4n) is 1.01. The lowest BCUT2D eigenvalue weighted by molar-refractivity contribution is -0.00529. The maximum absolute atomic E-state index is 10.2. The van der Waals surface area contributed by atoms with Gasteiger partial charge in [-0.25, -0.2) is 0 Å². The first-order valence-corrected chi connectivity index (χ1v) is 5.15. The van der Waals surface area contributed by atoms with E-state index in [-0.39, 0.29) is 0 Å². The molecule has 0 saturated heterocycles. The van der Waals surface area contributed by atoms with Crippen LogP contribution in [0.15, 0.2) is 12.1 Å². The molecule has 1 rings (SSSR count). The predicted octanol–water partition coefficient (Wildman–Crippen LogP) is 2.00. The quantitative estimate of drug-likeness (QED) is 0.765. The van der Waals surface area contributed by atoms with E-state index in [0.717, 1.165) is 4.88 Å². The molecule has 13 heavy (non-hydrogen) atoms. The third kappa shape index (κ3) is 1.93. The Morgan fingerprint density at radius 2 is 1.85 bits per heavy atom. The van der Waals surface area contributed by atoms with Crippen molar-refractivity contribution in [2.75, 3.05) is 0 Å². The number of aryl methyl sites for hydroxylation is 1. The molecule has 0 spiro atoms. The van der Waals surface area contributed by atoms with Crippen molar-refractivity contribution in [2.45, 2.75) is 38.8 Å². The van der Waals surface area contributed by atoms with Crippen LogP contribution in [0, 0.1) is 6.92 Å². The second-order valence-corrected chi connectivity index (χ2v) is 5.49. The summed E-state index contributed by atoms with van der Waals surface area (Å²) in [6.07, 6.45) is 0. The first-order chi connectivity index (χ1) is 5.75. The van der Waals surface area contributed by atoms with Gasteiger partial charge < -0.3 is 10.8 Å². The zero-order chi connectivity index (χ0) is 10.3. The van der Waals surface area contributed by atoms with Crippen molar-refractivity contribution in [1.29, 1.82) is 0 Å². The summed E-state index contributed by atoms with van der Waals surface area (Å²) in [7, 11) is 0. The summed E-state index contributed by atoms with van der Waals surface area (Å²) in [5.74, 6) is 0. The summed E-state index contributed by atoms with van der Waals surface area (Å²) in [4.78, 5) is 2.12. The van der Waals surface area contributed by atoms with Gasteiger partial charge in [0.05, 0.1) is 0 Å². The molecule has 3 N–H and O–H groups in total. The second kappa shape index (κ2) is 3.08. The molecule has 0 bridgehead atoms. The highest BCUT2D eigenvalue weighted by molar-refractivity contribution is 7.12. The lowest BCUT2D eigenvalue weighted by atomic mass is 9.84. The minimum Gasteiger partial charge on any atom is -0.383 e. The van der Waals surface area contributed by atoms with E-state index in [4.69, 9.17) is 5.73 Å². The van der Waals surface area contributed by atoms with Crippen LogP contribution < -0.4 is 5.73 Å². The molecule has 3 heteroatoms. The summed E-state index contributed by atoms with van der Waals surface area (Å²) in [6, 6.07) is 3.94. The Kier molecular flexibility index (Phi) is 2.54. The van der Waals surface area contributed by atoms with Crippen molar-refractivity contribution in [3.8, 4) is 0 Å². The van der Waals surface area contributed by atoms with Gasteiger partial charge in [0.2, 0.25) is 0 Å². The van der Waals surface area contributed by atoms with Crippen LogP contribution in [-0.2, 0) is 5.60 Å². The summed E-state index contributed by atoms with van der Waals surface area (Å²) in [5.41, 5.74) is 4.34. The van der Waals surface area contributed by atoms with Crippen molar-refractivity contribution in [3.63, 3.8) is 0 Å². The molecule has 1 heterocycles. The Bertz CT molecular complexity index is 296. The number of rotatable bonds is 2. The first kappa shape index (κ1) is 10.7. The highest BCUT2D eigenvalue weighted by atomic mass is 32.1. The molecule has 2 nitrogen and oxygen atoms in total. The number of hydrogen-bond donors (Lipinski definition) is 2. The van der Waals surface area contributed by atoms with Crippen LogP contribution in [-0.4, -0.2) is 10.6 Å². The fraction of sp³-hybridized carbons (Fsp3) is 0.600. The van der Waals surface area contributed by atoms with E-state index in [1.807, 2.05) is 32.9 Å². The van der Waals surface area contributed by atoms with Gasteiger partial charge in [-0.15, -0.1) is 11.3 Å². The van der Waals surface area contributed by atoms with Crippen LogP contribution in [0.4, 0.5) is 0 Å². The number of hydrogen-bond acceptors (Lipinski definition) is 3. The van der Waals surface area contributed by atoms with E-state index in [0.29, 0.717) is 0 Å². The molecule has 0 aromatic carbocycles. The lowest BCUT2D eigenvalue weighted by Crippen LogP contribution is -2.51. The van der Waals surface area contributed by atoms with Crippen LogP contribution in [0.5, 0.6) is 0 Å². The fourth-order valence-corrected chi connectivity index (χ4v) is 2.09. The van der Waals surface area contributed by atoms with Gasteiger partial charge in [0.15, 0.2) is 0 Å². The normalized spacial score (nSPS) is 17.1. The molecule has 0 aliphatic rings. The van der Waals surface area contributed by atoms with E-state index in [9.17, 15) is 5.11 Å². The van der Waals surface area contributed by atoms with Crippen LogP contribution in [0.1, 0.15) is 30.5 Å². The van der Waals surface area contributed by atoms with E-state index < -0.39 is 11.1 Å². The van der Waals surface area contributed by atoms with Crippen molar-refractivity contribution in [2.24, 2.45) is 5.73 Å². The van der Waals surface area contributed by atoms with Gasteiger partial charge in [0.1, 0.15) is 5.60 Å². The van der Waals surface area contributed by atoms with Crippen LogP contribution >= 0.6 is 11.3 Å². The average molecular weight is 199 g/mol. The molecule has 1 atom stereocenters. The summed E-state index contributed by atoms with van der Waals surface area (Å²) < 4.78 is 0. The number of aliphatic hydroxyl groups is 1.